The number of carbonyl (C=O) groups is 1. The van der Waals surface area contributed by atoms with Crippen molar-refractivity contribution in [1.29, 1.82) is 0 Å². The summed E-state index contributed by atoms with van der Waals surface area (Å²) in [5, 5.41) is 3.78. The molecule has 0 fully saturated rings. The normalized spacial score (nSPS) is 11.2. The van der Waals surface area contributed by atoms with Gasteiger partial charge in [0.15, 0.2) is 5.15 Å². The Hall–Kier alpha value is -2.18. The molecule has 1 amide bonds. The highest BCUT2D eigenvalue weighted by molar-refractivity contribution is 7.21. The van der Waals surface area contributed by atoms with Gasteiger partial charge < -0.3 is 11.1 Å². The summed E-state index contributed by atoms with van der Waals surface area (Å²) in [5.41, 5.74) is 8.04. The number of pyridine rings is 2. The van der Waals surface area contributed by atoms with Crippen molar-refractivity contribution >= 4 is 50.4 Å². The van der Waals surface area contributed by atoms with E-state index in [0.717, 1.165) is 22.3 Å². The Balaban J connectivity index is 1.93. The van der Waals surface area contributed by atoms with E-state index in [2.05, 4.69) is 29.1 Å². The van der Waals surface area contributed by atoms with Crippen LogP contribution in [0.3, 0.4) is 0 Å². The third-order valence-electron chi connectivity index (χ3n) is 3.48. The van der Waals surface area contributed by atoms with Crippen LogP contribution < -0.4 is 11.1 Å². The molecule has 3 aromatic heterocycles. The Morgan fingerprint density at radius 3 is 2.88 bits per heavy atom. The lowest BCUT2D eigenvalue weighted by Gasteiger charge is -2.05. The van der Waals surface area contributed by atoms with Crippen molar-refractivity contribution in [2.75, 3.05) is 11.1 Å². The number of nitrogens with two attached hydrogens (primary N) is 1. The molecular weight excluding hydrogens is 344 g/mol. The number of thiophene rings is 1. The van der Waals surface area contributed by atoms with Crippen molar-refractivity contribution < 1.29 is 4.79 Å². The van der Waals surface area contributed by atoms with Crippen LogP contribution in [0.2, 0.25) is 5.15 Å². The lowest BCUT2D eigenvalue weighted by Crippen LogP contribution is -2.12. The predicted octanol–water partition coefficient (Wildman–Crippen LogP) is 4.38. The Morgan fingerprint density at radius 1 is 1.38 bits per heavy atom. The summed E-state index contributed by atoms with van der Waals surface area (Å²) in [5.74, 6) is 0.207. The van der Waals surface area contributed by atoms with Gasteiger partial charge in [-0.1, -0.05) is 25.4 Å². The van der Waals surface area contributed by atoms with E-state index in [4.69, 9.17) is 17.3 Å². The van der Waals surface area contributed by atoms with Crippen molar-refractivity contribution in [3.63, 3.8) is 0 Å². The molecule has 0 unspecified atom stereocenters. The number of nitrogen functional groups attached to an aromatic ring is 1. The largest absolute Gasteiger partial charge is 0.397 e. The van der Waals surface area contributed by atoms with Gasteiger partial charge in [0, 0.05) is 17.3 Å². The second-order valence-electron chi connectivity index (χ2n) is 5.89. The summed E-state index contributed by atoms with van der Waals surface area (Å²) >= 11 is 7.26. The van der Waals surface area contributed by atoms with E-state index in [1.54, 1.807) is 18.3 Å². The molecule has 5 nitrogen and oxygen atoms in total. The Kier molecular flexibility index (Phi) is 4.69. The standard InChI is InChI=1S/C17H17ClN4OS/c1-9(2)8-10-5-6-11-13(19)14(24-17(11)21-10)16(23)22-12-4-3-7-20-15(12)18/h3-7,9H,8,19H2,1-2H3,(H,22,23). The van der Waals surface area contributed by atoms with Crippen molar-refractivity contribution in [3.8, 4) is 0 Å². The van der Waals surface area contributed by atoms with Crippen LogP contribution in [0.5, 0.6) is 0 Å². The highest BCUT2D eigenvalue weighted by Gasteiger charge is 2.18. The number of hydrogen-bond donors (Lipinski definition) is 2. The molecule has 7 heteroatoms. The number of nitrogens with zero attached hydrogens (tertiary/aromatic N) is 2. The molecule has 0 aromatic carbocycles. The first kappa shape index (κ1) is 16.7. The minimum absolute atomic E-state index is 0.239. The number of carbonyl (C=O) groups excluding carboxylic acids is 1. The summed E-state index contributed by atoms with van der Waals surface area (Å²) in [6, 6.07) is 7.29. The lowest BCUT2D eigenvalue weighted by molar-refractivity contribution is 0.103. The number of rotatable bonds is 4. The number of amides is 1. The van der Waals surface area contributed by atoms with Gasteiger partial charge in [0.1, 0.15) is 9.71 Å². The SMILES string of the molecule is CC(C)Cc1ccc2c(N)c(C(=O)Nc3cccnc3Cl)sc2n1. The summed E-state index contributed by atoms with van der Waals surface area (Å²) in [6.45, 7) is 4.29. The maximum Gasteiger partial charge on any atom is 0.268 e. The van der Waals surface area contributed by atoms with Gasteiger partial charge in [0.25, 0.3) is 5.91 Å². The Morgan fingerprint density at radius 2 is 2.17 bits per heavy atom. The number of aromatic nitrogens is 2. The maximum absolute atomic E-state index is 12.5. The Labute approximate surface area is 148 Å². The minimum atomic E-state index is -0.309. The van der Waals surface area contributed by atoms with E-state index < -0.39 is 0 Å². The van der Waals surface area contributed by atoms with E-state index in [0.29, 0.717) is 22.2 Å². The molecule has 3 aromatic rings. The Bertz CT molecular complexity index is 907. The van der Waals surface area contributed by atoms with Gasteiger partial charge in [-0.25, -0.2) is 9.97 Å². The first-order valence-corrected chi connectivity index (χ1v) is 8.75. The smallest absolute Gasteiger partial charge is 0.268 e. The van der Waals surface area contributed by atoms with Crippen LogP contribution in [0.25, 0.3) is 10.2 Å². The third kappa shape index (κ3) is 3.34. The van der Waals surface area contributed by atoms with Crippen LogP contribution in [0.15, 0.2) is 30.5 Å². The van der Waals surface area contributed by atoms with Gasteiger partial charge in [-0.3, -0.25) is 4.79 Å². The van der Waals surface area contributed by atoms with E-state index >= 15 is 0 Å². The number of anilines is 2. The fraction of sp³-hybridized carbons (Fsp3) is 0.235. The highest BCUT2D eigenvalue weighted by atomic mass is 35.5. The van der Waals surface area contributed by atoms with Gasteiger partial charge >= 0.3 is 0 Å². The van der Waals surface area contributed by atoms with Crippen molar-refractivity contribution in [2.24, 2.45) is 5.92 Å². The van der Waals surface area contributed by atoms with Crippen LogP contribution in [0.4, 0.5) is 11.4 Å². The summed E-state index contributed by atoms with van der Waals surface area (Å²) in [7, 11) is 0. The van der Waals surface area contributed by atoms with E-state index in [1.807, 2.05) is 12.1 Å². The fourth-order valence-electron chi connectivity index (χ4n) is 2.39. The average molecular weight is 361 g/mol. The van der Waals surface area contributed by atoms with E-state index in [9.17, 15) is 4.79 Å². The molecule has 0 atom stereocenters. The van der Waals surface area contributed by atoms with Gasteiger partial charge in [0.05, 0.1) is 11.4 Å². The molecule has 24 heavy (non-hydrogen) atoms. The summed E-state index contributed by atoms with van der Waals surface area (Å²) < 4.78 is 0. The number of halogens is 1. The first-order valence-electron chi connectivity index (χ1n) is 7.55. The van der Waals surface area contributed by atoms with Gasteiger partial charge in [-0.05, 0) is 36.6 Å². The molecule has 3 heterocycles. The van der Waals surface area contributed by atoms with Crippen LogP contribution in [0, 0.1) is 5.92 Å². The van der Waals surface area contributed by atoms with Gasteiger partial charge in [0.2, 0.25) is 0 Å². The van der Waals surface area contributed by atoms with Crippen molar-refractivity contribution in [3.05, 3.63) is 46.2 Å². The number of hydrogen-bond acceptors (Lipinski definition) is 5. The zero-order valence-corrected chi connectivity index (χ0v) is 14.9. The minimum Gasteiger partial charge on any atom is -0.397 e. The topological polar surface area (TPSA) is 80.9 Å². The fourth-order valence-corrected chi connectivity index (χ4v) is 3.57. The molecule has 124 valence electrons. The second kappa shape index (κ2) is 6.75. The van der Waals surface area contributed by atoms with E-state index in [1.165, 1.54) is 11.3 Å². The molecule has 0 radical (unpaired) electrons. The highest BCUT2D eigenvalue weighted by Crippen LogP contribution is 2.33. The van der Waals surface area contributed by atoms with Crippen molar-refractivity contribution in [2.45, 2.75) is 20.3 Å². The maximum atomic E-state index is 12.5. The second-order valence-corrected chi connectivity index (χ2v) is 7.25. The molecular formula is C17H17ClN4OS. The molecule has 0 saturated heterocycles. The van der Waals surface area contributed by atoms with E-state index in [-0.39, 0.29) is 11.1 Å². The monoisotopic (exact) mass is 360 g/mol. The van der Waals surface area contributed by atoms with Crippen LogP contribution in [-0.2, 0) is 6.42 Å². The summed E-state index contributed by atoms with van der Waals surface area (Å²) in [6.07, 6.45) is 2.45. The van der Waals surface area contributed by atoms with Crippen LogP contribution in [-0.4, -0.2) is 15.9 Å². The zero-order chi connectivity index (χ0) is 17.3. The average Bonchev–Trinajstić information content (AvgIpc) is 2.85. The molecule has 3 N–H and O–H groups in total. The molecule has 0 aliphatic heterocycles. The van der Waals surface area contributed by atoms with Crippen LogP contribution in [0.1, 0.15) is 29.2 Å². The molecule has 0 aliphatic rings. The molecule has 3 rings (SSSR count). The predicted molar refractivity (Wildman–Crippen MR) is 99.8 cm³/mol. The zero-order valence-electron chi connectivity index (χ0n) is 13.3. The first-order chi connectivity index (χ1) is 11.5. The third-order valence-corrected chi connectivity index (χ3v) is 4.90. The quantitative estimate of drug-likeness (QED) is 0.676. The lowest BCUT2D eigenvalue weighted by atomic mass is 10.1. The van der Waals surface area contributed by atoms with Gasteiger partial charge in [-0.15, -0.1) is 11.3 Å². The number of nitrogens with one attached hydrogen (secondary N) is 1. The van der Waals surface area contributed by atoms with Crippen molar-refractivity contribution in [1.82, 2.24) is 9.97 Å². The van der Waals surface area contributed by atoms with Crippen LogP contribution >= 0.6 is 22.9 Å². The molecule has 0 aliphatic carbocycles. The summed E-state index contributed by atoms with van der Waals surface area (Å²) in [4.78, 5) is 22.3. The molecule has 0 bridgehead atoms. The molecule has 0 saturated carbocycles. The number of fused-ring (bicyclic) bond motifs is 1. The van der Waals surface area contributed by atoms with Gasteiger partial charge in [-0.2, -0.15) is 0 Å². The molecule has 0 spiro atoms.